The van der Waals surface area contributed by atoms with Crippen LogP contribution in [0.1, 0.15) is 39.4 Å². The lowest BCUT2D eigenvalue weighted by Gasteiger charge is -2.02. The minimum Gasteiger partial charge on any atom is -0.335 e. The molecule has 0 bridgehead atoms. The summed E-state index contributed by atoms with van der Waals surface area (Å²) in [6.45, 7) is 10.3. The SMILES string of the molecule is CC.Cc1cn(C(C)C)cn1. The monoisotopic (exact) mass is 154 g/mol. The first kappa shape index (κ1) is 10.2. The molecule has 0 saturated heterocycles. The maximum absolute atomic E-state index is 4.10. The minimum absolute atomic E-state index is 0.534. The fourth-order valence-electron chi connectivity index (χ4n) is 0.723. The van der Waals surface area contributed by atoms with E-state index in [1.807, 2.05) is 33.3 Å². The van der Waals surface area contributed by atoms with Gasteiger partial charge in [-0.25, -0.2) is 4.98 Å². The molecular formula is C9H18N2. The first-order valence-corrected chi connectivity index (χ1v) is 4.20. The van der Waals surface area contributed by atoms with Crippen molar-refractivity contribution in [3.05, 3.63) is 18.2 Å². The van der Waals surface area contributed by atoms with Crippen molar-refractivity contribution in [1.29, 1.82) is 0 Å². The lowest BCUT2D eigenvalue weighted by atomic mass is 10.4. The molecule has 1 heterocycles. The van der Waals surface area contributed by atoms with Gasteiger partial charge in [-0.1, -0.05) is 13.8 Å². The summed E-state index contributed by atoms with van der Waals surface area (Å²) >= 11 is 0. The lowest BCUT2D eigenvalue weighted by molar-refractivity contribution is 0.599. The molecule has 0 aliphatic rings. The van der Waals surface area contributed by atoms with E-state index in [4.69, 9.17) is 0 Å². The maximum Gasteiger partial charge on any atom is 0.0951 e. The van der Waals surface area contributed by atoms with E-state index in [1.165, 1.54) is 0 Å². The highest BCUT2D eigenvalue weighted by Gasteiger charge is 1.95. The number of rotatable bonds is 1. The van der Waals surface area contributed by atoms with E-state index in [0.717, 1.165) is 5.69 Å². The number of aromatic nitrogens is 2. The van der Waals surface area contributed by atoms with Gasteiger partial charge in [-0.2, -0.15) is 0 Å². The minimum atomic E-state index is 0.534. The van der Waals surface area contributed by atoms with Crippen LogP contribution in [0.5, 0.6) is 0 Å². The molecule has 0 spiro atoms. The lowest BCUT2D eigenvalue weighted by Crippen LogP contribution is -1.95. The van der Waals surface area contributed by atoms with Crippen molar-refractivity contribution in [1.82, 2.24) is 9.55 Å². The third-order valence-electron chi connectivity index (χ3n) is 1.33. The van der Waals surface area contributed by atoms with Gasteiger partial charge in [0.2, 0.25) is 0 Å². The molecule has 1 rings (SSSR count). The zero-order chi connectivity index (χ0) is 8.85. The molecule has 11 heavy (non-hydrogen) atoms. The van der Waals surface area contributed by atoms with Crippen molar-refractivity contribution in [2.45, 2.75) is 40.7 Å². The molecule has 1 aromatic heterocycles. The van der Waals surface area contributed by atoms with Gasteiger partial charge >= 0.3 is 0 Å². The van der Waals surface area contributed by atoms with E-state index in [9.17, 15) is 0 Å². The Hall–Kier alpha value is -0.790. The van der Waals surface area contributed by atoms with Crippen LogP contribution in [0.15, 0.2) is 12.5 Å². The van der Waals surface area contributed by atoms with Crippen LogP contribution in [-0.2, 0) is 0 Å². The highest BCUT2D eigenvalue weighted by molar-refractivity contribution is 4.93. The van der Waals surface area contributed by atoms with E-state index < -0.39 is 0 Å². The fourth-order valence-corrected chi connectivity index (χ4v) is 0.723. The van der Waals surface area contributed by atoms with Crippen molar-refractivity contribution >= 4 is 0 Å². The van der Waals surface area contributed by atoms with Crippen LogP contribution in [0.3, 0.4) is 0 Å². The Morgan fingerprint density at radius 3 is 2.09 bits per heavy atom. The molecule has 2 nitrogen and oxygen atoms in total. The summed E-state index contributed by atoms with van der Waals surface area (Å²) in [4.78, 5) is 4.10. The van der Waals surface area contributed by atoms with Crippen LogP contribution in [0, 0.1) is 6.92 Å². The topological polar surface area (TPSA) is 17.8 Å². The summed E-state index contributed by atoms with van der Waals surface area (Å²) in [5, 5.41) is 0. The standard InChI is InChI=1S/C7H12N2.C2H6/c1-6(2)9-4-7(3)8-5-9;1-2/h4-6H,1-3H3;1-2H3. The Morgan fingerprint density at radius 1 is 1.36 bits per heavy atom. The van der Waals surface area contributed by atoms with Gasteiger partial charge in [0.05, 0.1) is 12.0 Å². The summed E-state index contributed by atoms with van der Waals surface area (Å²) in [6, 6.07) is 0.534. The van der Waals surface area contributed by atoms with Crippen molar-refractivity contribution in [2.24, 2.45) is 0 Å². The molecule has 1 aromatic rings. The Balaban J connectivity index is 0.000000461. The first-order valence-electron chi connectivity index (χ1n) is 4.20. The average Bonchev–Trinajstić information content (AvgIpc) is 2.40. The van der Waals surface area contributed by atoms with E-state index in [1.54, 1.807) is 0 Å². The molecule has 0 aliphatic carbocycles. The summed E-state index contributed by atoms with van der Waals surface area (Å²) in [5.74, 6) is 0. The summed E-state index contributed by atoms with van der Waals surface area (Å²) in [7, 11) is 0. The highest BCUT2D eigenvalue weighted by atomic mass is 15.0. The van der Waals surface area contributed by atoms with Crippen molar-refractivity contribution in [3.63, 3.8) is 0 Å². The number of imidazole rings is 1. The van der Waals surface area contributed by atoms with Crippen LogP contribution in [-0.4, -0.2) is 9.55 Å². The van der Waals surface area contributed by atoms with Crippen molar-refractivity contribution in [2.75, 3.05) is 0 Å². The number of hydrogen-bond acceptors (Lipinski definition) is 1. The number of aryl methyl sites for hydroxylation is 1. The molecule has 0 atom stereocenters. The zero-order valence-electron chi connectivity index (χ0n) is 8.13. The summed E-state index contributed by atoms with van der Waals surface area (Å²) < 4.78 is 2.09. The molecule has 0 fully saturated rings. The quantitative estimate of drug-likeness (QED) is 0.608. The molecule has 0 N–H and O–H groups in total. The number of nitrogens with zero attached hydrogens (tertiary/aromatic N) is 2. The van der Waals surface area contributed by atoms with Crippen LogP contribution in [0.4, 0.5) is 0 Å². The first-order chi connectivity index (χ1) is 5.20. The summed E-state index contributed by atoms with van der Waals surface area (Å²) in [6.07, 6.45) is 3.91. The van der Waals surface area contributed by atoms with Crippen molar-refractivity contribution < 1.29 is 0 Å². The van der Waals surface area contributed by atoms with E-state index >= 15 is 0 Å². The van der Waals surface area contributed by atoms with Crippen molar-refractivity contribution in [3.8, 4) is 0 Å². The summed E-state index contributed by atoms with van der Waals surface area (Å²) in [5.41, 5.74) is 1.09. The average molecular weight is 154 g/mol. The van der Waals surface area contributed by atoms with Gasteiger partial charge in [-0.3, -0.25) is 0 Å². The molecule has 0 unspecified atom stereocenters. The molecule has 0 aliphatic heterocycles. The fraction of sp³-hybridized carbons (Fsp3) is 0.667. The third kappa shape index (κ3) is 3.21. The molecule has 0 aromatic carbocycles. The van der Waals surface area contributed by atoms with Crippen LogP contribution in [0.25, 0.3) is 0 Å². The van der Waals surface area contributed by atoms with Gasteiger partial charge in [0.1, 0.15) is 0 Å². The second-order valence-electron chi connectivity index (χ2n) is 2.56. The molecule has 0 amide bonds. The van der Waals surface area contributed by atoms with Crippen LogP contribution in [0.2, 0.25) is 0 Å². The normalized spacial score (nSPS) is 9.27. The highest BCUT2D eigenvalue weighted by Crippen LogP contribution is 2.03. The smallest absolute Gasteiger partial charge is 0.0951 e. The van der Waals surface area contributed by atoms with E-state index in [0.29, 0.717) is 6.04 Å². The van der Waals surface area contributed by atoms with Gasteiger partial charge in [0.15, 0.2) is 0 Å². The Labute approximate surface area is 69.3 Å². The second kappa shape index (κ2) is 4.94. The predicted molar refractivity (Wildman–Crippen MR) is 48.7 cm³/mol. The van der Waals surface area contributed by atoms with Gasteiger partial charge in [0, 0.05) is 12.2 Å². The Bertz CT molecular complexity index is 189. The molecular weight excluding hydrogens is 136 g/mol. The number of hydrogen-bond donors (Lipinski definition) is 0. The maximum atomic E-state index is 4.10. The van der Waals surface area contributed by atoms with Crippen LogP contribution < -0.4 is 0 Å². The van der Waals surface area contributed by atoms with E-state index in [-0.39, 0.29) is 0 Å². The second-order valence-corrected chi connectivity index (χ2v) is 2.56. The molecule has 2 heteroatoms. The molecule has 0 radical (unpaired) electrons. The predicted octanol–water partition coefficient (Wildman–Crippen LogP) is 2.80. The van der Waals surface area contributed by atoms with Gasteiger partial charge < -0.3 is 4.57 Å². The largest absolute Gasteiger partial charge is 0.335 e. The molecule has 64 valence electrons. The van der Waals surface area contributed by atoms with Gasteiger partial charge in [-0.05, 0) is 20.8 Å². The van der Waals surface area contributed by atoms with Gasteiger partial charge in [-0.15, -0.1) is 0 Å². The van der Waals surface area contributed by atoms with E-state index in [2.05, 4.69) is 23.4 Å². The van der Waals surface area contributed by atoms with Gasteiger partial charge in [0.25, 0.3) is 0 Å². The zero-order valence-corrected chi connectivity index (χ0v) is 8.13. The Morgan fingerprint density at radius 2 is 1.91 bits per heavy atom. The molecule has 0 saturated carbocycles. The van der Waals surface area contributed by atoms with Crippen LogP contribution >= 0.6 is 0 Å². The Kier molecular flexibility index (Phi) is 4.59. The third-order valence-corrected chi connectivity index (χ3v) is 1.33.